The fraction of sp³-hybridized carbons (Fsp3) is 0.143. The van der Waals surface area contributed by atoms with Gasteiger partial charge in [-0.1, -0.05) is 61.8 Å². The molecule has 0 fully saturated rings. The van der Waals surface area contributed by atoms with Gasteiger partial charge < -0.3 is 0 Å². The molecule has 0 saturated heterocycles. The van der Waals surface area contributed by atoms with Crippen LogP contribution < -0.4 is 0 Å². The predicted molar refractivity (Wildman–Crippen MR) is 66.2 cm³/mol. The molecule has 0 radical (unpaired) electrons. The second-order valence-electron chi connectivity index (χ2n) is 3.04. The van der Waals surface area contributed by atoms with E-state index in [9.17, 15) is 0 Å². The molecule has 0 heteroatoms. The third kappa shape index (κ3) is 5.15. The van der Waals surface area contributed by atoms with Crippen LogP contribution in [0.1, 0.15) is 13.8 Å². The SMILES string of the molecule is C=C/C=C\C(=C/C)C(=C)/C=C\C(=C)C. The van der Waals surface area contributed by atoms with Crippen molar-refractivity contribution in [1.82, 2.24) is 0 Å². The van der Waals surface area contributed by atoms with Crippen LogP contribution in [0.4, 0.5) is 0 Å². The molecule has 74 valence electrons. The molecule has 0 aromatic heterocycles. The van der Waals surface area contributed by atoms with Crippen LogP contribution in [0.5, 0.6) is 0 Å². The Kier molecular flexibility index (Phi) is 6.13. The highest BCUT2D eigenvalue weighted by Crippen LogP contribution is 2.11. The molecule has 14 heavy (non-hydrogen) atoms. The van der Waals surface area contributed by atoms with Crippen molar-refractivity contribution in [2.24, 2.45) is 0 Å². The van der Waals surface area contributed by atoms with Gasteiger partial charge in [0.15, 0.2) is 0 Å². The first kappa shape index (κ1) is 12.4. The summed E-state index contributed by atoms with van der Waals surface area (Å²) in [5.41, 5.74) is 3.10. The number of hydrogen-bond acceptors (Lipinski definition) is 0. The van der Waals surface area contributed by atoms with Gasteiger partial charge in [0, 0.05) is 0 Å². The van der Waals surface area contributed by atoms with Crippen molar-refractivity contribution >= 4 is 0 Å². The van der Waals surface area contributed by atoms with Crippen molar-refractivity contribution in [2.75, 3.05) is 0 Å². The number of allylic oxidation sites excluding steroid dienone is 9. The van der Waals surface area contributed by atoms with Crippen LogP contribution in [0.25, 0.3) is 0 Å². The molecule has 0 N–H and O–H groups in total. The molecule has 0 saturated carbocycles. The molecule has 0 bridgehead atoms. The standard InChI is InChI=1S/C14H18/c1-6-8-9-14(7-2)13(5)11-10-12(3)4/h6-11H,1,3,5H2,2,4H3/b9-8-,11-10-,14-7+. The second kappa shape index (κ2) is 6.90. The first-order valence-electron chi connectivity index (χ1n) is 4.60. The summed E-state index contributed by atoms with van der Waals surface area (Å²) >= 11 is 0. The van der Waals surface area contributed by atoms with Crippen LogP contribution in [-0.4, -0.2) is 0 Å². The molecule has 0 unspecified atom stereocenters. The van der Waals surface area contributed by atoms with E-state index in [1.807, 2.05) is 44.2 Å². The van der Waals surface area contributed by atoms with E-state index in [0.717, 1.165) is 16.7 Å². The third-order valence-electron chi connectivity index (χ3n) is 1.66. The minimum atomic E-state index is 0.980. The van der Waals surface area contributed by atoms with Crippen molar-refractivity contribution in [1.29, 1.82) is 0 Å². The average Bonchev–Trinajstić information content (AvgIpc) is 2.16. The number of hydrogen-bond donors (Lipinski definition) is 0. The van der Waals surface area contributed by atoms with Crippen molar-refractivity contribution < 1.29 is 0 Å². The molecule has 0 aliphatic heterocycles. The van der Waals surface area contributed by atoms with E-state index in [-0.39, 0.29) is 0 Å². The lowest BCUT2D eigenvalue weighted by Crippen LogP contribution is -1.80. The van der Waals surface area contributed by atoms with E-state index in [2.05, 4.69) is 19.7 Å². The van der Waals surface area contributed by atoms with Gasteiger partial charge in [-0.05, 0) is 25.0 Å². The van der Waals surface area contributed by atoms with E-state index >= 15 is 0 Å². The van der Waals surface area contributed by atoms with Gasteiger partial charge >= 0.3 is 0 Å². The van der Waals surface area contributed by atoms with E-state index in [1.165, 1.54) is 0 Å². The normalized spacial score (nSPS) is 12.3. The Labute approximate surface area is 87.3 Å². The highest BCUT2D eigenvalue weighted by Gasteiger charge is 1.92. The molecular formula is C14H18. The van der Waals surface area contributed by atoms with Crippen LogP contribution in [0.2, 0.25) is 0 Å². The lowest BCUT2D eigenvalue weighted by molar-refractivity contribution is 1.49. The maximum absolute atomic E-state index is 3.97. The van der Waals surface area contributed by atoms with Gasteiger partial charge in [-0.3, -0.25) is 0 Å². The molecule has 0 amide bonds. The van der Waals surface area contributed by atoms with Gasteiger partial charge in [0.1, 0.15) is 0 Å². The minimum absolute atomic E-state index is 0.980. The minimum Gasteiger partial charge on any atom is -0.0991 e. The van der Waals surface area contributed by atoms with Crippen LogP contribution in [0.3, 0.4) is 0 Å². The fourth-order valence-electron chi connectivity index (χ4n) is 0.899. The van der Waals surface area contributed by atoms with Crippen molar-refractivity contribution in [3.63, 3.8) is 0 Å². The molecular weight excluding hydrogens is 168 g/mol. The van der Waals surface area contributed by atoms with E-state index in [1.54, 1.807) is 6.08 Å². The van der Waals surface area contributed by atoms with Crippen molar-refractivity contribution in [3.05, 3.63) is 72.9 Å². The zero-order valence-corrected chi connectivity index (χ0v) is 9.09. The summed E-state index contributed by atoms with van der Waals surface area (Å²) in [5.74, 6) is 0. The first-order valence-corrected chi connectivity index (χ1v) is 4.60. The molecule has 0 aliphatic rings. The Morgan fingerprint density at radius 3 is 2.14 bits per heavy atom. The Balaban J connectivity index is 4.57. The summed E-state index contributed by atoms with van der Waals surface area (Å²) in [5, 5.41) is 0. The maximum Gasteiger partial charge on any atom is -0.0233 e. The lowest BCUT2D eigenvalue weighted by Gasteiger charge is -1.99. The largest absolute Gasteiger partial charge is 0.0991 e. The second-order valence-corrected chi connectivity index (χ2v) is 3.04. The van der Waals surface area contributed by atoms with Gasteiger partial charge in [-0.25, -0.2) is 0 Å². The smallest absolute Gasteiger partial charge is 0.0233 e. The van der Waals surface area contributed by atoms with Crippen LogP contribution in [0.15, 0.2) is 72.9 Å². The monoisotopic (exact) mass is 186 g/mol. The first-order chi connectivity index (χ1) is 6.61. The summed E-state index contributed by atoms with van der Waals surface area (Å²) in [6.45, 7) is 15.3. The van der Waals surface area contributed by atoms with Gasteiger partial charge in [-0.15, -0.1) is 0 Å². The van der Waals surface area contributed by atoms with Crippen molar-refractivity contribution in [3.8, 4) is 0 Å². The zero-order chi connectivity index (χ0) is 11.0. The molecule has 0 aromatic rings. The van der Waals surface area contributed by atoms with Crippen LogP contribution in [0, 0.1) is 0 Å². The summed E-state index contributed by atoms with van der Waals surface area (Å²) in [7, 11) is 0. The molecule has 0 nitrogen and oxygen atoms in total. The maximum atomic E-state index is 3.97. The predicted octanol–water partition coefficient (Wildman–Crippen LogP) is 4.36. The fourth-order valence-corrected chi connectivity index (χ4v) is 0.899. The topological polar surface area (TPSA) is 0 Å². The Morgan fingerprint density at radius 2 is 1.71 bits per heavy atom. The highest BCUT2D eigenvalue weighted by atomic mass is 14.0. The molecule has 0 spiro atoms. The van der Waals surface area contributed by atoms with E-state index in [0.29, 0.717) is 0 Å². The zero-order valence-electron chi connectivity index (χ0n) is 9.09. The third-order valence-corrected chi connectivity index (χ3v) is 1.66. The molecule has 0 atom stereocenters. The van der Waals surface area contributed by atoms with Crippen LogP contribution in [-0.2, 0) is 0 Å². The van der Waals surface area contributed by atoms with Crippen molar-refractivity contribution in [2.45, 2.75) is 13.8 Å². The summed E-state index contributed by atoms with van der Waals surface area (Å²) < 4.78 is 0. The quantitative estimate of drug-likeness (QED) is 0.559. The highest BCUT2D eigenvalue weighted by molar-refractivity contribution is 5.45. The molecule has 0 aromatic carbocycles. The Bertz CT molecular complexity index is 309. The Morgan fingerprint density at radius 1 is 1.07 bits per heavy atom. The summed E-state index contributed by atoms with van der Waals surface area (Å²) in [6, 6.07) is 0. The summed E-state index contributed by atoms with van der Waals surface area (Å²) in [4.78, 5) is 0. The average molecular weight is 186 g/mol. The lowest BCUT2D eigenvalue weighted by atomic mass is 10.1. The van der Waals surface area contributed by atoms with E-state index < -0.39 is 0 Å². The number of rotatable bonds is 5. The Hall–Kier alpha value is -1.56. The summed E-state index contributed by atoms with van der Waals surface area (Å²) in [6.07, 6.45) is 11.6. The van der Waals surface area contributed by atoms with E-state index in [4.69, 9.17) is 0 Å². The molecule has 0 rings (SSSR count). The van der Waals surface area contributed by atoms with Crippen LogP contribution >= 0.6 is 0 Å². The van der Waals surface area contributed by atoms with Gasteiger partial charge in [-0.2, -0.15) is 0 Å². The molecule has 0 heterocycles. The molecule has 0 aliphatic carbocycles. The van der Waals surface area contributed by atoms with Gasteiger partial charge in [0.25, 0.3) is 0 Å². The van der Waals surface area contributed by atoms with Gasteiger partial charge in [0.2, 0.25) is 0 Å². The van der Waals surface area contributed by atoms with Gasteiger partial charge in [0.05, 0.1) is 0 Å².